The lowest BCUT2D eigenvalue weighted by molar-refractivity contribution is 0.311. The fourth-order valence-corrected chi connectivity index (χ4v) is 3.20. The van der Waals surface area contributed by atoms with Gasteiger partial charge in [-0.25, -0.2) is 4.68 Å². The molecule has 0 saturated carbocycles. The standard InChI is InChI=1S/C21H21ClN6O/c1-14(15-5-3-2-4-6-15)25-21-26-19(23-11-12-29)18-13-24-28(20(18)27-21)17-9-7-16(22)8-10-17/h2-10,13-14,29H,11-12H2,1H3,(H2,23,25,26,27)/t14-/m1/s1. The summed E-state index contributed by atoms with van der Waals surface area (Å²) in [7, 11) is 0. The highest BCUT2D eigenvalue weighted by Gasteiger charge is 2.15. The molecular formula is C21H21ClN6O. The molecule has 2 heterocycles. The van der Waals surface area contributed by atoms with Crippen LogP contribution >= 0.6 is 11.6 Å². The van der Waals surface area contributed by atoms with Crippen LogP contribution in [0.5, 0.6) is 0 Å². The Morgan fingerprint density at radius 2 is 1.83 bits per heavy atom. The highest BCUT2D eigenvalue weighted by atomic mass is 35.5. The normalized spacial score (nSPS) is 12.1. The maximum atomic E-state index is 9.22. The van der Waals surface area contributed by atoms with Gasteiger partial charge in [-0.05, 0) is 36.8 Å². The summed E-state index contributed by atoms with van der Waals surface area (Å²) < 4.78 is 1.75. The number of nitrogens with zero attached hydrogens (tertiary/aromatic N) is 4. The molecule has 4 rings (SSSR count). The van der Waals surface area contributed by atoms with Gasteiger partial charge in [0.1, 0.15) is 5.82 Å². The first-order chi connectivity index (χ1) is 14.2. The van der Waals surface area contributed by atoms with Gasteiger partial charge in [0, 0.05) is 11.6 Å². The molecule has 0 spiro atoms. The minimum atomic E-state index is -0.00000227. The third-order valence-corrected chi connectivity index (χ3v) is 4.80. The van der Waals surface area contributed by atoms with E-state index < -0.39 is 0 Å². The maximum absolute atomic E-state index is 9.22. The van der Waals surface area contributed by atoms with Crippen molar-refractivity contribution in [3.8, 4) is 5.69 Å². The predicted molar refractivity (Wildman–Crippen MR) is 116 cm³/mol. The van der Waals surface area contributed by atoms with Crippen LogP contribution in [0, 0.1) is 0 Å². The molecule has 0 saturated heterocycles. The number of hydrogen-bond acceptors (Lipinski definition) is 6. The number of anilines is 2. The summed E-state index contributed by atoms with van der Waals surface area (Å²) in [5, 5.41) is 21.6. The molecule has 148 valence electrons. The van der Waals surface area contributed by atoms with Crippen LogP contribution in [0.4, 0.5) is 11.8 Å². The summed E-state index contributed by atoms with van der Waals surface area (Å²) in [6, 6.07) is 17.5. The first-order valence-corrected chi connectivity index (χ1v) is 9.71. The SMILES string of the molecule is C[C@@H](Nc1nc(NCCO)c2cnn(-c3ccc(Cl)cc3)c2n1)c1ccccc1. The lowest BCUT2D eigenvalue weighted by atomic mass is 10.1. The molecule has 2 aromatic heterocycles. The zero-order valence-corrected chi connectivity index (χ0v) is 16.6. The Hall–Kier alpha value is -3.16. The van der Waals surface area contributed by atoms with Gasteiger partial charge < -0.3 is 15.7 Å². The van der Waals surface area contributed by atoms with Gasteiger partial charge >= 0.3 is 0 Å². The third-order valence-electron chi connectivity index (χ3n) is 4.55. The molecule has 0 amide bonds. The Kier molecular flexibility index (Phi) is 5.59. The van der Waals surface area contributed by atoms with Crippen LogP contribution in [-0.2, 0) is 0 Å². The van der Waals surface area contributed by atoms with Gasteiger partial charge in [0.05, 0.1) is 29.9 Å². The molecule has 0 unspecified atom stereocenters. The van der Waals surface area contributed by atoms with E-state index in [1.807, 2.05) is 42.5 Å². The van der Waals surface area contributed by atoms with Crippen LogP contribution in [0.15, 0.2) is 60.8 Å². The number of fused-ring (bicyclic) bond motifs is 1. The molecule has 1 atom stereocenters. The molecule has 29 heavy (non-hydrogen) atoms. The molecule has 4 aromatic rings. The van der Waals surface area contributed by atoms with Gasteiger partial charge in [-0.3, -0.25) is 0 Å². The van der Waals surface area contributed by atoms with Gasteiger partial charge in [-0.1, -0.05) is 41.9 Å². The van der Waals surface area contributed by atoms with E-state index in [0.717, 1.165) is 16.6 Å². The number of aliphatic hydroxyl groups is 1. The van der Waals surface area contributed by atoms with Crippen LogP contribution in [-0.4, -0.2) is 38.0 Å². The Labute approximate surface area is 173 Å². The fourth-order valence-electron chi connectivity index (χ4n) is 3.07. The molecule has 0 aliphatic carbocycles. The van der Waals surface area contributed by atoms with Gasteiger partial charge in [0.25, 0.3) is 0 Å². The van der Waals surface area contributed by atoms with E-state index in [1.165, 1.54) is 0 Å². The maximum Gasteiger partial charge on any atom is 0.227 e. The second-order valence-corrected chi connectivity index (χ2v) is 7.03. The number of hydrogen-bond donors (Lipinski definition) is 3. The van der Waals surface area contributed by atoms with Gasteiger partial charge in [-0.15, -0.1) is 0 Å². The van der Waals surface area contributed by atoms with Gasteiger partial charge in [0.2, 0.25) is 5.95 Å². The van der Waals surface area contributed by atoms with E-state index >= 15 is 0 Å². The molecule has 7 nitrogen and oxygen atoms in total. The molecule has 0 aliphatic rings. The van der Waals surface area contributed by atoms with Crippen molar-refractivity contribution in [1.29, 1.82) is 0 Å². The second kappa shape index (κ2) is 8.46. The number of halogens is 1. The summed E-state index contributed by atoms with van der Waals surface area (Å²) in [6.45, 7) is 2.44. The molecule has 0 fully saturated rings. The van der Waals surface area contributed by atoms with Crippen LogP contribution in [0.3, 0.4) is 0 Å². The minimum absolute atomic E-state index is 0.00000227. The van der Waals surface area contributed by atoms with Crippen molar-refractivity contribution in [2.75, 3.05) is 23.8 Å². The number of rotatable bonds is 7. The number of aliphatic hydroxyl groups excluding tert-OH is 1. The zero-order chi connectivity index (χ0) is 20.2. The summed E-state index contributed by atoms with van der Waals surface area (Å²) in [5.74, 6) is 1.09. The Morgan fingerprint density at radius 3 is 2.55 bits per heavy atom. The number of aromatic nitrogens is 4. The predicted octanol–water partition coefficient (Wildman–Crippen LogP) is 4.05. The van der Waals surface area contributed by atoms with E-state index in [1.54, 1.807) is 10.9 Å². The van der Waals surface area contributed by atoms with E-state index in [2.05, 4.69) is 39.8 Å². The van der Waals surface area contributed by atoms with Crippen molar-refractivity contribution in [1.82, 2.24) is 19.7 Å². The summed E-state index contributed by atoms with van der Waals surface area (Å²) >= 11 is 6.02. The highest BCUT2D eigenvalue weighted by molar-refractivity contribution is 6.30. The van der Waals surface area contributed by atoms with Crippen molar-refractivity contribution in [3.05, 3.63) is 71.4 Å². The number of benzene rings is 2. The van der Waals surface area contributed by atoms with Crippen molar-refractivity contribution >= 4 is 34.4 Å². The van der Waals surface area contributed by atoms with E-state index in [4.69, 9.17) is 16.6 Å². The van der Waals surface area contributed by atoms with Crippen LogP contribution in [0.1, 0.15) is 18.5 Å². The topological polar surface area (TPSA) is 87.9 Å². The van der Waals surface area contributed by atoms with Crippen molar-refractivity contribution in [2.45, 2.75) is 13.0 Å². The Morgan fingerprint density at radius 1 is 1.07 bits per heavy atom. The Bertz CT molecular complexity index is 1100. The van der Waals surface area contributed by atoms with E-state index in [9.17, 15) is 5.11 Å². The van der Waals surface area contributed by atoms with Crippen LogP contribution < -0.4 is 10.6 Å². The summed E-state index contributed by atoms with van der Waals surface area (Å²) in [5.41, 5.74) is 2.64. The average molecular weight is 409 g/mol. The van der Waals surface area contributed by atoms with Gasteiger partial charge in [-0.2, -0.15) is 15.1 Å². The molecular weight excluding hydrogens is 388 g/mol. The van der Waals surface area contributed by atoms with E-state index in [-0.39, 0.29) is 12.6 Å². The minimum Gasteiger partial charge on any atom is -0.395 e. The monoisotopic (exact) mass is 408 g/mol. The Balaban J connectivity index is 1.76. The molecule has 8 heteroatoms. The lowest BCUT2D eigenvalue weighted by Crippen LogP contribution is -2.13. The molecule has 0 radical (unpaired) electrons. The van der Waals surface area contributed by atoms with Crippen molar-refractivity contribution in [2.24, 2.45) is 0 Å². The third kappa shape index (κ3) is 4.16. The number of nitrogens with one attached hydrogen (secondary N) is 2. The fraction of sp³-hybridized carbons (Fsp3) is 0.190. The summed E-state index contributed by atoms with van der Waals surface area (Å²) in [6.07, 6.45) is 1.72. The lowest BCUT2D eigenvalue weighted by Gasteiger charge is -2.16. The average Bonchev–Trinajstić information content (AvgIpc) is 3.17. The summed E-state index contributed by atoms with van der Waals surface area (Å²) in [4.78, 5) is 9.32. The van der Waals surface area contributed by atoms with E-state index in [0.29, 0.717) is 29.0 Å². The highest BCUT2D eigenvalue weighted by Crippen LogP contribution is 2.26. The van der Waals surface area contributed by atoms with Crippen LogP contribution in [0.25, 0.3) is 16.7 Å². The first kappa shape index (κ1) is 19.2. The van der Waals surface area contributed by atoms with Crippen LogP contribution in [0.2, 0.25) is 5.02 Å². The molecule has 0 bridgehead atoms. The second-order valence-electron chi connectivity index (χ2n) is 6.59. The zero-order valence-electron chi connectivity index (χ0n) is 15.9. The van der Waals surface area contributed by atoms with Crippen molar-refractivity contribution in [3.63, 3.8) is 0 Å². The van der Waals surface area contributed by atoms with Gasteiger partial charge in [0.15, 0.2) is 5.65 Å². The van der Waals surface area contributed by atoms with Crippen molar-refractivity contribution < 1.29 is 5.11 Å². The molecule has 0 aliphatic heterocycles. The molecule has 3 N–H and O–H groups in total. The quantitative estimate of drug-likeness (QED) is 0.427. The molecule has 2 aromatic carbocycles. The smallest absolute Gasteiger partial charge is 0.227 e. The largest absolute Gasteiger partial charge is 0.395 e. The first-order valence-electron chi connectivity index (χ1n) is 9.33.